The number of carboxylic acids is 1. The van der Waals surface area contributed by atoms with Crippen molar-refractivity contribution in [2.45, 2.75) is 32.8 Å². The van der Waals surface area contributed by atoms with Crippen molar-refractivity contribution < 1.29 is 14.6 Å². The number of carboxylic acid groups (broad SMARTS) is 1. The van der Waals surface area contributed by atoms with Gasteiger partial charge in [-0.05, 0) is 41.7 Å². The molecular formula is C18H20O3. The van der Waals surface area contributed by atoms with E-state index in [1.54, 1.807) is 0 Å². The van der Waals surface area contributed by atoms with Crippen LogP contribution in [0, 0.1) is 6.92 Å². The van der Waals surface area contributed by atoms with E-state index in [2.05, 4.69) is 19.1 Å². The average molecular weight is 284 g/mol. The van der Waals surface area contributed by atoms with Gasteiger partial charge in [-0.3, -0.25) is 4.79 Å². The zero-order valence-corrected chi connectivity index (χ0v) is 12.4. The Kier molecular flexibility index (Phi) is 4.99. The highest BCUT2D eigenvalue weighted by Gasteiger charge is 2.10. The van der Waals surface area contributed by atoms with Gasteiger partial charge < -0.3 is 9.84 Å². The summed E-state index contributed by atoms with van der Waals surface area (Å²) in [7, 11) is 0. The van der Waals surface area contributed by atoms with Gasteiger partial charge in [-0.25, -0.2) is 0 Å². The third-order valence-electron chi connectivity index (χ3n) is 3.59. The quantitative estimate of drug-likeness (QED) is 0.866. The highest BCUT2D eigenvalue weighted by Crippen LogP contribution is 2.22. The Labute approximate surface area is 125 Å². The van der Waals surface area contributed by atoms with Crippen molar-refractivity contribution in [3.63, 3.8) is 0 Å². The Balaban J connectivity index is 1.96. The molecule has 110 valence electrons. The molecule has 0 fully saturated rings. The molecule has 0 aliphatic carbocycles. The Morgan fingerprint density at radius 2 is 1.81 bits per heavy atom. The van der Waals surface area contributed by atoms with Gasteiger partial charge in [-0.1, -0.05) is 43.3 Å². The van der Waals surface area contributed by atoms with Gasteiger partial charge in [0.2, 0.25) is 0 Å². The summed E-state index contributed by atoms with van der Waals surface area (Å²) in [6.07, 6.45) is 0.142. The molecule has 0 saturated heterocycles. The summed E-state index contributed by atoms with van der Waals surface area (Å²) in [4.78, 5) is 10.7. The van der Waals surface area contributed by atoms with Crippen LogP contribution < -0.4 is 4.74 Å². The summed E-state index contributed by atoms with van der Waals surface area (Å²) >= 11 is 0. The highest BCUT2D eigenvalue weighted by atomic mass is 16.5. The molecule has 1 atom stereocenters. The minimum Gasteiger partial charge on any atom is -0.489 e. The maximum Gasteiger partial charge on any atom is 0.303 e. The first-order valence-corrected chi connectivity index (χ1v) is 7.05. The fraction of sp³-hybridized carbons (Fsp3) is 0.278. The van der Waals surface area contributed by atoms with E-state index in [0.29, 0.717) is 6.61 Å². The lowest BCUT2D eigenvalue weighted by Crippen LogP contribution is -2.03. The van der Waals surface area contributed by atoms with E-state index in [1.807, 2.05) is 43.3 Å². The number of carbonyl (C=O) groups is 1. The number of hydrogen-bond donors (Lipinski definition) is 1. The lowest BCUT2D eigenvalue weighted by Gasteiger charge is -2.11. The van der Waals surface area contributed by atoms with Crippen LogP contribution in [0.5, 0.6) is 5.75 Å². The molecule has 1 unspecified atom stereocenters. The van der Waals surface area contributed by atoms with Gasteiger partial charge in [0.15, 0.2) is 0 Å². The molecule has 0 aliphatic rings. The Hall–Kier alpha value is -2.29. The van der Waals surface area contributed by atoms with Crippen LogP contribution in [0.15, 0.2) is 48.5 Å². The minimum absolute atomic E-state index is 0.00733. The lowest BCUT2D eigenvalue weighted by atomic mass is 9.98. The van der Waals surface area contributed by atoms with Gasteiger partial charge in [0, 0.05) is 0 Å². The van der Waals surface area contributed by atoms with Crippen molar-refractivity contribution in [1.29, 1.82) is 0 Å². The molecule has 2 aromatic carbocycles. The predicted molar refractivity (Wildman–Crippen MR) is 82.6 cm³/mol. The Morgan fingerprint density at radius 1 is 1.14 bits per heavy atom. The van der Waals surface area contributed by atoms with E-state index < -0.39 is 5.97 Å². The first-order valence-electron chi connectivity index (χ1n) is 7.05. The van der Waals surface area contributed by atoms with Crippen LogP contribution in [0.25, 0.3) is 0 Å². The SMILES string of the molecule is Cc1ccccc1COc1ccc(C(C)CC(=O)O)cc1. The van der Waals surface area contributed by atoms with Crippen LogP contribution in [0.4, 0.5) is 0 Å². The molecule has 0 radical (unpaired) electrons. The summed E-state index contributed by atoms with van der Waals surface area (Å²) in [5.74, 6) is 0.0276. The van der Waals surface area contributed by atoms with Crippen molar-refractivity contribution in [2.24, 2.45) is 0 Å². The van der Waals surface area contributed by atoms with Gasteiger partial charge in [-0.2, -0.15) is 0 Å². The first-order chi connectivity index (χ1) is 10.1. The molecule has 0 aromatic heterocycles. The monoisotopic (exact) mass is 284 g/mol. The molecule has 0 bridgehead atoms. The molecule has 0 saturated carbocycles. The molecule has 0 aliphatic heterocycles. The fourth-order valence-corrected chi connectivity index (χ4v) is 2.21. The second-order valence-electron chi connectivity index (χ2n) is 5.28. The van der Waals surface area contributed by atoms with E-state index in [1.165, 1.54) is 11.1 Å². The second-order valence-corrected chi connectivity index (χ2v) is 5.28. The van der Waals surface area contributed by atoms with Gasteiger partial charge >= 0.3 is 5.97 Å². The number of aliphatic carboxylic acids is 1. The summed E-state index contributed by atoms with van der Waals surface area (Å²) in [5, 5.41) is 8.81. The van der Waals surface area contributed by atoms with Crippen molar-refractivity contribution in [3.05, 3.63) is 65.2 Å². The van der Waals surface area contributed by atoms with Crippen LogP contribution in [-0.4, -0.2) is 11.1 Å². The maximum atomic E-state index is 10.7. The summed E-state index contributed by atoms with van der Waals surface area (Å²) in [5.41, 5.74) is 3.39. The number of ether oxygens (including phenoxy) is 1. The average Bonchev–Trinajstić information content (AvgIpc) is 2.46. The topological polar surface area (TPSA) is 46.5 Å². The predicted octanol–water partition coefficient (Wildman–Crippen LogP) is 4.15. The Bertz CT molecular complexity index is 602. The molecule has 3 heteroatoms. The lowest BCUT2D eigenvalue weighted by molar-refractivity contribution is -0.137. The highest BCUT2D eigenvalue weighted by molar-refractivity contribution is 5.67. The third kappa shape index (κ3) is 4.35. The van der Waals surface area contributed by atoms with Gasteiger partial charge in [-0.15, -0.1) is 0 Å². The number of aryl methyl sites for hydroxylation is 1. The van der Waals surface area contributed by atoms with Gasteiger partial charge in [0.1, 0.15) is 12.4 Å². The largest absolute Gasteiger partial charge is 0.489 e. The summed E-state index contributed by atoms with van der Waals surface area (Å²) in [6.45, 7) is 4.52. The van der Waals surface area contributed by atoms with Gasteiger partial charge in [0.05, 0.1) is 6.42 Å². The van der Waals surface area contributed by atoms with Crippen LogP contribution in [0.1, 0.15) is 36.0 Å². The molecule has 2 rings (SSSR count). The van der Waals surface area contributed by atoms with Crippen molar-refractivity contribution in [2.75, 3.05) is 0 Å². The molecule has 0 heterocycles. The molecule has 21 heavy (non-hydrogen) atoms. The minimum atomic E-state index is -0.776. The normalized spacial score (nSPS) is 11.9. The van der Waals surface area contributed by atoms with Crippen LogP contribution in [0.3, 0.4) is 0 Å². The zero-order valence-electron chi connectivity index (χ0n) is 12.4. The smallest absolute Gasteiger partial charge is 0.303 e. The molecule has 1 N–H and O–H groups in total. The number of rotatable bonds is 6. The second kappa shape index (κ2) is 6.93. The van der Waals surface area contributed by atoms with Crippen LogP contribution in [-0.2, 0) is 11.4 Å². The molecule has 2 aromatic rings. The number of hydrogen-bond acceptors (Lipinski definition) is 2. The van der Waals surface area contributed by atoms with E-state index in [-0.39, 0.29) is 12.3 Å². The zero-order chi connectivity index (χ0) is 15.2. The third-order valence-corrected chi connectivity index (χ3v) is 3.59. The molecule has 0 amide bonds. The fourth-order valence-electron chi connectivity index (χ4n) is 2.21. The maximum absolute atomic E-state index is 10.7. The molecule has 3 nitrogen and oxygen atoms in total. The van der Waals surface area contributed by atoms with E-state index in [9.17, 15) is 4.79 Å². The summed E-state index contributed by atoms with van der Waals surface area (Å²) in [6, 6.07) is 15.8. The van der Waals surface area contributed by atoms with Gasteiger partial charge in [0.25, 0.3) is 0 Å². The van der Waals surface area contributed by atoms with E-state index in [4.69, 9.17) is 9.84 Å². The van der Waals surface area contributed by atoms with E-state index >= 15 is 0 Å². The van der Waals surface area contributed by atoms with E-state index in [0.717, 1.165) is 11.3 Å². The van der Waals surface area contributed by atoms with Crippen molar-refractivity contribution >= 4 is 5.97 Å². The Morgan fingerprint density at radius 3 is 2.43 bits per heavy atom. The van der Waals surface area contributed by atoms with Crippen LogP contribution >= 0.6 is 0 Å². The molecular weight excluding hydrogens is 264 g/mol. The number of benzene rings is 2. The summed E-state index contributed by atoms with van der Waals surface area (Å²) < 4.78 is 5.77. The first kappa shape index (κ1) is 15.1. The standard InChI is InChI=1S/C18H20O3/c1-13-5-3-4-6-16(13)12-21-17-9-7-15(8-10-17)14(2)11-18(19)20/h3-10,14H,11-12H2,1-2H3,(H,19,20). The van der Waals surface area contributed by atoms with Crippen molar-refractivity contribution in [3.8, 4) is 5.75 Å². The van der Waals surface area contributed by atoms with Crippen LogP contribution in [0.2, 0.25) is 0 Å². The van der Waals surface area contributed by atoms with Crippen molar-refractivity contribution in [1.82, 2.24) is 0 Å². The molecule has 0 spiro atoms.